The predicted octanol–water partition coefficient (Wildman–Crippen LogP) is 1.69. The van der Waals surface area contributed by atoms with Crippen molar-refractivity contribution in [3.8, 4) is 0 Å². The molecule has 0 saturated heterocycles. The van der Waals surface area contributed by atoms with E-state index in [2.05, 4.69) is 4.98 Å². The van der Waals surface area contributed by atoms with Crippen LogP contribution >= 0.6 is 0 Å². The number of hydrogen-bond donors (Lipinski definition) is 0. The molecule has 1 rings (SSSR count). The van der Waals surface area contributed by atoms with E-state index in [0.717, 1.165) is 0 Å². The van der Waals surface area contributed by atoms with Gasteiger partial charge in [0, 0.05) is 25.4 Å². The molecule has 0 atom stereocenters. The molecule has 7 heteroatoms. The monoisotopic (exact) mass is 267 g/mol. The highest BCUT2D eigenvalue weighted by Crippen LogP contribution is 2.21. The summed E-state index contributed by atoms with van der Waals surface area (Å²) in [7, 11) is 1.72. The van der Waals surface area contributed by atoms with Crippen LogP contribution in [-0.4, -0.2) is 36.1 Å². The second kappa shape index (κ2) is 6.67. The average Bonchev–Trinajstić information content (AvgIpc) is 2.36. The Kier molecular flexibility index (Phi) is 5.23. The maximum atomic E-state index is 11.2. The van der Waals surface area contributed by atoms with Crippen LogP contribution in [-0.2, 0) is 9.53 Å². The van der Waals surface area contributed by atoms with Crippen LogP contribution in [0.3, 0.4) is 0 Å². The molecule has 0 aromatic carbocycles. The van der Waals surface area contributed by atoms with Crippen LogP contribution in [0.15, 0.2) is 12.3 Å². The maximum absolute atomic E-state index is 11.2. The molecule has 0 aliphatic heterocycles. The molecule has 0 radical (unpaired) electrons. The molecule has 1 aromatic heterocycles. The van der Waals surface area contributed by atoms with Gasteiger partial charge in [0.25, 0.3) is 5.69 Å². The Balaban J connectivity index is 2.72. The summed E-state index contributed by atoms with van der Waals surface area (Å²) in [5, 5.41) is 10.8. The largest absolute Gasteiger partial charge is 0.466 e. The summed E-state index contributed by atoms with van der Waals surface area (Å²) in [6.45, 7) is 4.11. The predicted molar refractivity (Wildman–Crippen MR) is 70.1 cm³/mol. The number of ether oxygens (including phenoxy) is 1. The van der Waals surface area contributed by atoms with Crippen molar-refractivity contribution in [2.75, 3.05) is 25.1 Å². The summed E-state index contributed by atoms with van der Waals surface area (Å²) in [4.78, 5) is 27.4. The molecular weight excluding hydrogens is 250 g/mol. The number of nitro groups is 1. The van der Waals surface area contributed by atoms with Crippen LogP contribution in [0.2, 0.25) is 0 Å². The lowest BCUT2D eigenvalue weighted by Crippen LogP contribution is -2.23. The van der Waals surface area contributed by atoms with Gasteiger partial charge in [-0.15, -0.1) is 0 Å². The zero-order valence-electron chi connectivity index (χ0n) is 11.3. The average molecular weight is 267 g/mol. The highest BCUT2D eigenvalue weighted by atomic mass is 16.6. The zero-order chi connectivity index (χ0) is 14.4. The Hall–Kier alpha value is -2.18. The van der Waals surface area contributed by atoms with Gasteiger partial charge in [-0.25, -0.2) is 4.98 Å². The number of hydrogen-bond acceptors (Lipinski definition) is 6. The standard InChI is InChI=1S/C12H17N3O4/c1-4-19-12(16)5-6-14(3)11-7-10(15(17)18)9(2)8-13-11/h7-8H,4-6H2,1-3H3. The number of esters is 1. The third-order valence-electron chi connectivity index (χ3n) is 2.60. The van der Waals surface area contributed by atoms with Crippen molar-refractivity contribution in [1.29, 1.82) is 0 Å². The van der Waals surface area contributed by atoms with Gasteiger partial charge in [-0.2, -0.15) is 0 Å². The molecule has 1 aromatic rings. The van der Waals surface area contributed by atoms with Crippen molar-refractivity contribution >= 4 is 17.5 Å². The third-order valence-corrected chi connectivity index (χ3v) is 2.60. The normalized spacial score (nSPS) is 10.1. The van der Waals surface area contributed by atoms with Crippen molar-refractivity contribution in [3.63, 3.8) is 0 Å². The molecule has 0 aliphatic rings. The SMILES string of the molecule is CCOC(=O)CCN(C)c1cc([N+](=O)[O-])c(C)cn1. The first-order chi connectivity index (χ1) is 8.95. The van der Waals surface area contributed by atoms with Gasteiger partial charge in [-0.1, -0.05) is 0 Å². The van der Waals surface area contributed by atoms with Crippen molar-refractivity contribution in [2.24, 2.45) is 0 Å². The van der Waals surface area contributed by atoms with E-state index in [0.29, 0.717) is 24.5 Å². The Morgan fingerprint density at radius 3 is 2.84 bits per heavy atom. The lowest BCUT2D eigenvalue weighted by atomic mass is 10.2. The fourth-order valence-electron chi connectivity index (χ4n) is 1.51. The van der Waals surface area contributed by atoms with Gasteiger partial charge >= 0.3 is 5.97 Å². The molecule has 104 valence electrons. The number of aryl methyl sites for hydroxylation is 1. The lowest BCUT2D eigenvalue weighted by Gasteiger charge is -2.17. The minimum atomic E-state index is -0.445. The van der Waals surface area contributed by atoms with E-state index in [4.69, 9.17) is 4.74 Å². The van der Waals surface area contributed by atoms with Crippen LogP contribution < -0.4 is 4.90 Å². The quantitative estimate of drug-likeness (QED) is 0.443. The summed E-state index contributed by atoms with van der Waals surface area (Å²) >= 11 is 0. The van der Waals surface area contributed by atoms with E-state index in [1.807, 2.05) is 0 Å². The zero-order valence-corrected chi connectivity index (χ0v) is 11.3. The number of carbonyl (C=O) groups is 1. The van der Waals surface area contributed by atoms with E-state index >= 15 is 0 Å². The van der Waals surface area contributed by atoms with Crippen LogP contribution in [0.1, 0.15) is 18.9 Å². The highest BCUT2D eigenvalue weighted by Gasteiger charge is 2.14. The second-order valence-corrected chi connectivity index (χ2v) is 4.06. The van der Waals surface area contributed by atoms with Gasteiger partial charge < -0.3 is 9.64 Å². The van der Waals surface area contributed by atoms with Crippen LogP contribution in [0, 0.1) is 17.0 Å². The Morgan fingerprint density at radius 2 is 2.26 bits per heavy atom. The minimum absolute atomic E-state index is 0.0213. The molecule has 0 aliphatic carbocycles. The van der Waals surface area contributed by atoms with Crippen LogP contribution in [0.4, 0.5) is 11.5 Å². The number of aromatic nitrogens is 1. The molecule has 0 bridgehead atoms. The van der Waals surface area contributed by atoms with Gasteiger partial charge in [0.1, 0.15) is 5.82 Å². The number of anilines is 1. The third kappa shape index (κ3) is 4.20. The first kappa shape index (κ1) is 14.9. The summed E-state index contributed by atoms with van der Waals surface area (Å²) in [5.41, 5.74) is 0.528. The molecular formula is C12H17N3O4. The molecule has 7 nitrogen and oxygen atoms in total. The van der Waals surface area contributed by atoms with Gasteiger partial charge in [0.05, 0.1) is 24.0 Å². The summed E-state index contributed by atoms with van der Waals surface area (Å²) in [6, 6.07) is 1.40. The van der Waals surface area contributed by atoms with Crippen LogP contribution in [0.25, 0.3) is 0 Å². The number of rotatable bonds is 6. The van der Waals surface area contributed by atoms with E-state index in [1.54, 1.807) is 25.8 Å². The van der Waals surface area contributed by atoms with Gasteiger partial charge in [0.2, 0.25) is 0 Å². The van der Waals surface area contributed by atoms with Crippen molar-refractivity contribution in [2.45, 2.75) is 20.3 Å². The molecule has 0 fully saturated rings. The molecule has 0 saturated carbocycles. The first-order valence-electron chi connectivity index (χ1n) is 5.93. The second-order valence-electron chi connectivity index (χ2n) is 4.06. The summed E-state index contributed by atoms with van der Waals surface area (Å²) in [5.74, 6) is 0.164. The van der Waals surface area contributed by atoms with E-state index in [9.17, 15) is 14.9 Å². The van der Waals surface area contributed by atoms with Crippen molar-refractivity contribution < 1.29 is 14.5 Å². The van der Waals surface area contributed by atoms with E-state index in [1.165, 1.54) is 12.3 Å². The minimum Gasteiger partial charge on any atom is -0.466 e. The fourth-order valence-corrected chi connectivity index (χ4v) is 1.51. The maximum Gasteiger partial charge on any atom is 0.307 e. The van der Waals surface area contributed by atoms with E-state index in [-0.39, 0.29) is 18.1 Å². The smallest absolute Gasteiger partial charge is 0.307 e. The number of pyridine rings is 1. The number of carbonyl (C=O) groups excluding carboxylic acids is 1. The Bertz CT molecular complexity index is 476. The molecule has 0 N–H and O–H groups in total. The van der Waals surface area contributed by atoms with Crippen LogP contribution in [0.5, 0.6) is 0 Å². The molecule has 0 spiro atoms. The first-order valence-corrected chi connectivity index (χ1v) is 5.93. The molecule has 1 heterocycles. The Morgan fingerprint density at radius 1 is 1.58 bits per heavy atom. The Labute approximate surface area is 111 Å². The highest BCUT2D eigenvalue weighted by molar-refractivity contribution is 5.70. The van der Waals surface area contributed by atoms with Crippen molar-refractivity contribution in [1.82, 2.24) is 4.98 Å². The summed E-state index contributed by atoms with van der Waals surface area (Å²) in [6.07, 6.45) is 1.67. The van der Waals surface area contributed by atoms with Gasteiger partial charge in [0.15, 0.2) is 0 Å². The molecule has 0 amide bonds. The topological polar surface area (TPSA) is 85.6 Å². The molecule has 0 unspecified atom stereocenters. The number of nitrogens with zero attached hydrogens (tertiary/aromatic N) is 3. The summed E-state index contributed by atoms with van der Waals surface area (Å²) < 4.78 is 4.81. The van der Waals surface area contributed by atoms with E-state index < -0.39 is 4.92 Å². The van der Waals surface area contributed by atoms with Gasteiger partial charge in [-0.3, -0.25) is 14.9 Å². The molecule has 19 heavy (non-hydrogen) atoms. The lowest BCUT2D eigenvalue weighted by molar-refractivity contribution is -0.385. The van der Waals surface area contributed by atoms with Gasteiger partial charge in [-0.05, 0) is 13.8 Å². The van der Waals surface area contributed by atoms with Crippen molar-refractivity contribution in [3.05, 3.63) is 27.9 Å². The fraction of sp³-hybridized carbons (Fsp3) is 0.500.